The molecule has 0 saturated carbocycles. The monoisotopic (exact) mass is 324 g/mol. The molecule has 3 amide bonds. The summed E-state index contributed by atoms with van der Waals surface area (Å²) >= 11 is 0. The van der Waals surface area contributed by atoms with Gasteiger partial charge in [-0.25, -0.2) is 9.18 Å². The highest BCUT2D eigenvalue weighted by molar-refractivity contribution is 5.98. The van der Waals surface area contributed by atoms with E-state index in [1.54, 1.807) is 6.92 Å². The number of carbonyl (C=O) groups excluding carboxylic acids is 4. The molecule has 1 aromatic rings. The van der Waals surface area contributed by atoms with Crippen LogP contribution in [0, 0.1) is 5.82 Å². The molecule has 124 valence electrons. The molecule has 0 saturated heterocycles. The third kappa shape index (κ3) is 7.16. The zero-order valence-electron chi connectivity index (χ0n) is 12.6. The van der Waals surface area contributed by atoms with Gasteiger partial charge in [-0.15, -0.1) is 0 Å². The van der Waals surface area contributed by atoms with E-state index in [0.717, 1.165) is 12.1 Å². The van der Waals surface area contributed by atoms with Gasteiger partial charge in [0.15, 0.2) is 12.4 Å². The molecule has 7 nitrogen and oxygen atoms in total. The number of ketones is 1. The highest BCUT2D eigenvalue weighted by Crippen LogP contribution is 2.07. The average Bonchev–Trinajstić information content (AvgIpc) is 2.51. The van der Waals surface area contributed by atoms with E-state index in [2.05, 4.69) is 10.1 Å². The summed E-state index contributed by atoms with van der Waals surface area (Å²) in [6.45, 7) is 1.42. The number of halogens is 1. The molecule has 0 atom stereocenters. The second-order valence-corrected chi connectivity index (χ2v) is 4.50. The average molecular weight is 324 g/mol. The number of esters is 1. The Hall–Kier alpha value is -2.77. The number of urea groups is 1. The molecule has 0 aliphatic carbocycles. The number of ether oxygens (including phenoxy) is 1. The summed E-state index contributed by atoms with van der Waals surface area (Å²) in [6.07, 6.45) is -0.340. The van der Waals surface area contributed by atoms with E-state index in [1.807, 2.05) is 5.32 Å². The topological polar surface area (TPSA) is 102 Å². The molecule has 0 bridgehead atoms. The first-order valence-corrected chi connectivity index (χ1v) is 6.94. The summed E-state index contributed by atoms with van der Waals surface area (Å²) in [5.41, 5.74) is 0.285. The first-order chi connectivity index (χ1) is 10.9. The standard InChI is InChI=1S/C15H17FN2O5/c1-2-17-15(22)18-13(20)9-23-14(21)8-7-12(19)10-3-5-11(16)6-4-10/h3-6H,2,7-9H2,1H3,(H2,17,18,20,22). The van der Waals surface area contributed by atoms with Crippen LogP contribution in [0.15, 0.2) is 24.3 Å². The van der Waals surface area contributed by atoms with Crippen LogP contribution in [0.5, 0.6) is 0 Å². The Labute approximate surface area is 132 Å². The van der Waals surface area contributed by atoms with Crippen molar-refractivity contribution in [1.29, 1.82) is 0 Å². The quantitative estimate of drug-likeness (QED) is 0.579. The lowest BCUT2D eigenvalue weighted by Crippen LogP contribution is -2.41. The van der Waals surface area contributed by atoms with Crippen molar-refractivity contribution in [1.82, 2.24) is 10.6 Å². The molecule has 0 fully saturated rings. The number of hydrogen-bond acceptors (Lipinski definition) is 5. The lowest BCUT2D eigenvalue weighted by atomic mass is 10.1. The molecule has 0 aliphatic heterocycles. The Bertz CT molecular complexity index is 586. The molecular formula is C15H17FN2O5. The zero-order chi connectivity index (χ0) is 17.2. The molecule has 2 N–H and O–H groups in total. The lowest BCUT2D eigenvalue weighted by molar-refractivity contribution is -0.148. The first-order valence-electron chi connectivity index (χ1n) is 6.94. The van der Waals surface area contributed by atoms with Crippen LogP contribution in [0.3, 0.4) is 0 Å². The van der Waals surface area contributed by atoms with Crippen LogP contribution in [-0.4, -0.2) is 36.8 Å². The molecule has 0 spiro atoms. The number of hydrogen-bond donors (Lipinski definition) is 2. The summed E-state index contributed by atoms with van der Waals surface area (Å²) in [7, 11) is 0. The van der Waals surface area contributed by atoms with Gasteiger partial charge in [-0.2, -0.15) is 0 Å². The zero-order valence-corrected chi connectivity index (χ0v) is 12.6. The molecule has 23 heavy (non-hydrogen) atoms. The van der Waals surface area contributed by atoms with Crippen LogP contribution in [0.4, 0.5) is 9.18 Å². The molecule has 0 radical (unpaired) electrons. The molecule has 1 aromatic carbocycles. The van der Waals surface area contributed by atoms with Gasteiger partial charge in [0.25, 0.3) is 5.91 Å². The van der Waals surface area contributed by atoms with Crippen LogP contribution in [-0.2, 0) is 14.3 Å². The second-order valence-electron chi connectivity index (χ2n) is 4.50. The SMILES string of the molecule is CCNC(=O)NC(=O)COC(=O)CCC(=O)c1ccc(F)cc1. The van der Waals surface area contributed by atoms with Crippen molar-refractivity contribution in [3.63, 3.8) is 0 Å². The minimum atomic E-state index is -0.769. The van der Waals surface area contributed by atoms with Gasteiger partial charge >= 0.3 is 12.0 Å². The van der Waals surface area contributed by atoms with Crippen LogP contribution in [0.2, 0.25) is 0 Å². The van der Waals surface area contributed by atoms with Crippen molar-refractivity contribution >= 4 is 23.7 Å². The molecule has 0 aliphatic rings. The van der Waals surface area contributed by atoms with E-state index in [0.29, 0.717) is 6.54 Å². The largest absolute Gasteiger partial charge is 0.456 e. The maximum absolute atomic E-state index is 12.7. The predicted molar refractivity (Wildman–Crippen MR) is 78.1 cm³/mol. The van der Waals surface area contributed by atoms with Gasteiger partial charge in [-0.1, -0.05) is 0 Å². The van der Waals surface area contributed by atoms with Crippen LogP contribution < -0.4 is 10.6 Å². The van der Waals surface area contributed by atoms with Gasteiger partial charge in [0.1, 0.15) is 5.82 Å². The second kappa shape index (κ2) is 9.29. The van der Waals surface area contributed by atoms with E-state index < -0.39 is 30.3 Å². The van der Waals surface area contributed by atoms with E-state index >= 15 is 0 Å². The summed E-state index contributed by atoms with van der Waals surface area (Å²) < 4.78 is 17.4. The fourth-order valence-electron chi connectivity index (χ4n) is 1.58. The van der Waals surface area contributed by atoms with E-state index in [9.17, 15) is 23.6 Å². The third-order valence-electron chi connectivity index (χ3n) is 2.68. The Kier molecular flexibility index (Phi) is 7.38. The van der Waals surface area contributed by atoms with Crippen molar-refractivity contribution < 1.29 is 28.3 Å². The highest BCUT2D eigenvalue weighted by Gasteiger charge is 2.13. The number of nitrogens with one attached hydrogen (secondary N) is 2. The number of imide groups is 1. The molecule has 8 heteroatoms. The van der Waals surface area contributed by atoms with Gasteiger partial charge in [0, 0.05) is 18.5 Å². The Morgan fingerprint density at radius 2 is 1.74 bits per heavy atom. The van der Waals surface area contributed by atoms with Crippen molar-refractivity contribution in [3.05, 3.63) is 35.6 Å². The van der Waals surface area contributed by atoms with Gasteiger partial charge in [-0.3, -0.25) is 19.7 Å². The number of Topliss-reactive ketones (excluding diaryl/α,β-unsaturated/α-hetero) is 1. The maximum atomic E-state index is 12.7. The molecule has 1 rings (SSSR count). The van der Waals surface area contributed by atoms with Crippen LogP contribution >= 0.6 is 0 Å². The van der Waals surface area contributed by atoms with Crippen molar-refractivity contribution in [2.24, 2.45) is 0 Å². The molecule has 0 aromatic heterocycles. The van der Waals surface area contributed by atoms with Crippen LogP contribution in [0.25, 0.3) is 0 Å². The Balaban J connectivity index is 2.28. The van der Waals surface area contributed by atoms with Crippen molar-refractivity contribution in [3.8, 4) is 0 Å². The number of carbonyl (C=O) groups is 4. The van der Waals surface area contributed by atoms with E-state index in [-0.39, 0.29) is 24.2 Å². The number of amides is 3. The van der Waals surface area contributed by atoms with Gasteiger partial charge in [0.05, 0.1) is 6.42 Å². The van der Waals surface area contributed by atoms with E-state index in [4.69, 9.17) is 0 Å². The highest BCUT2D eigenvalue weighted by atomic mass is 19.1. The Morgan fingerprint density at radius 1 is 1.09 bits per heavy atom. The fraction of sp³-hybridized carbons (Fsp3) is 0.333. The summed E-state index contributed by atoms with van der Waals surface area (Å²) in [5, 5.41) is 4.31. The number of rotatable bonds is 7. The molecule has 0 unspecified atom stereocenters. The normalized spacial score (nSPS) is 9.83. The van der Waals surface area contributed by atoms with Gasteiger partial charge in [-0.05, 0) is 31.2 Å². The van der Waals surface area contributed by atoms with Gasteiger partial charge in [0.2, 0.25) is 0 Å². The summed E-state index contributed by atoms with van der Waals surface area (Å²) in [6, 6.07) is 4.26. The van der Waals surface area contributed by atoms with Crippen LogP contribution in [0.1, 0.15) is 30.1 Å². The first kappa shape index (κ1) is 18.3. The smallest absolute Gasteiger partial charge is 0.321 e. The molecule has 0 heterocycles. The lowest BCUT2D eigenvalue weighted by Gasteiger charge is -2.06. The summed E-state index contributed by atoms with van der Waals surface area (Å²) in [4.78, 5) is 45.5. The predicted octanol–water partition coefficient (Wildman–Crippen LogP) is 1.18. The van der Waals surface area contributed by atoms with Gasteiger partial charge < -0.3 is 10.1 Å². The Morgan fingerprint density at radius 3 is 2.35 bits per heavy atom. The van der Waals surface area contributed by atoms with E-state index in [1.165, 1.54) is 12.1 Å². The fourth-order valence-corrected chi connectivity index (χ4v) is 1.58. The molecular weight excluding hydrogens is 307 g/mol. The minimum Gasteiger partial charge on any atom is -0.456 e. The minimum absolute atomic E-state index is 0.123. The summed E-state index contributed by atoms with van der Waals surface area (Å²) in [5.74, 6) is -2.31. The maximum Gasteiger partial charge on any atom is 0.321 e. The van der Waals surface area contributed by atoms with Crippen molar-refractivity contribution in [2.45, 2.75) is 19.8 Å². The number of benzene rings is 1. The third-order valence-corrected chi connectivity index (χ3v) is 2.68. The van der Waals surface area contributed by atoms with Crippen molar-refractivity contribution in [2.75, 3.05) is 13.2 Å².